The SMILES string of the molecule is Cc1cc2c(cnn2-c2ccc(F)cc2)cc1[C@@H]1CN(S(=O)(=O)c2cnn(C)n2)CCN1CC1CC(C)(C)C1. The van der Waals surface area contributed by atoms with Gasteiger partial charge in [0.15, 0.2) is 0 Å². The van der Waals surface area contributed by atoms with Crippen LogP contribution in [-0.4, -0.2) is 68.6 Å². The van der Waals surface area contributed by atoms with Crippen LogP contribution in [0.3, 0.4) is 0 Å². The number of piperazine rings is 1. The van der Waals surface area contributed by atoms with E-state index in [0.29, 0.717) is 31.0 Å². The van der Waals surface area contributed by atoms with Gasteiger partial charge in [-0.2, -0.15) is 19.3 Å². The highest BCUT2D eigenvalue weighted by molar-refractivity contribution is 7.89. The number of nitrogens with zero attached hydrogens (tertiary/aromatic N) is 7. The molecule has 2 aromatic carbocycles. The number of aryl methyl sites for hydroxylation is 2. The fourth-order valence-corrected chi connectivity index (χ4v) is 7.74. The highest BCUT2D eigenvalue weighted by atomic mass is 32.2. The van der Waals surface area contributed by atoms with Crippen LogP contribution in [0.2, 0.25) is 0 Å². The van der Waals surface area contributed by atoms with Crippen LogP contribution < -0.4 is 0 Å². The third-order valence-corrected chi connectivity index (χ3v) is 9.93. The summed E-state index contributed by atoms with van der Waals surface area (Å²) in [5.74, 6) is 0.317. The second-order valence-corrected chi connectivity index (χ2v) is 13.7. The average Bonchev–Trinajstić information content (AvgIpc) is 3.49. The second-order valence-electron chi connectivity index (χ2n) is 11.8. The summed E-state index contributed by atoms with van der Waals surface area (Å²) < 4.78 is 43.8. The Kier molecular flexibility index (Phi) is 6.35. The summed E-state index contributed by atoms with van der Waals surface area (Å²) in [5, 5.41) is 13.6. The van der Waals surface area contributed by atoms with Gasteiger partial charge < -0.3 is 0 Å². The number of sulfonamides is 1. The Morgan fingerprint density at radius 3 is 2.46 bits per heavy atom. The Hall–Kier alpha value is -3.15. The number of halogens is 1. The van der Waals surface area contributed by atoms with Gasteiger partial charge in [0, 0.05) is 44.7 Å². The number of hydrogen-bond acceptors (Lipinski definition) is 6. The maximum absolute atomic E-state index is 13.5. The molecule has 206 valence electrons. The number of aromatic nitrogens is 5. The van der Waals surface area contributed by atoms with Gasteiger partial charge in [-0.05, 0) is 78.6 Å². The summed E-state index contributed by atoms with van der Waals surface area (Å²) in [6, 6.07) is 10.4. The van der Waals surface area contributed by atoms with Crippen molar-refractivity contribution in [1.29, 1.82) is 0 Å². The molecule has 39 heavy (non-hydrogen) atoms. The van der Waals surface area contributed by atoms with Gasteiger partial charge in [-0.1, -0.05) is 13.8 Å². The van der Waals surface area contributed by atoms with Crippen molar-refractivity contribution in [2.75, 3.05) is 26.2 Å². The van der Waals surface area contributed by atoms with E-state index in [9.17, 15) is 12.8 Å². The molecule has 0 amide bonds. The molecule has 2 fully saturated rings. The monoisotopic (exact) mass is 551 g/mol. The van der Waals surface area contributed by atoms with E-state index in [1.165, 1.54) is 36.0 Å². The molecule has 1 saturated heterocycles. The van der Waals surface area contributed by atoms with E-state index in [2.05, 4.69) is 53.1 Å². The highest BCUT2D eigenvalue weighted by Gasteiger charge is 2.41. The van der Waals surface area contributed by atoms with E-state index in [1.807, 2.05) is 10.9 Å². The molecule has 1 atom stereocenters. The molecule has 0 bridgehead atoms. The molecule has 1 aliphatic heterocycles. The third-order valence-electron chi connectivity index (χ3n) is 8.20. The maximum Gasteiger partial charge on any atom is 0.264 e. The standard InChI is InChI=1S/C28H34FN7O2S/c1-19-11-25-21(15-31-36(25)23-7-5-22(29)6-8-23)12-24(19)26-18-35(39(37,38)27-16-30-33(4)32-27)10-9-34(26)17-20-13-28(2,3)14-20/h5-8,11-12,15-16,20,26H,9-10,13-14,17-18H2,1-4H3/t26-/m0/s1. The van der Waals surface area contributed by atoms with Crippen LogP contribution in [-0.2, 0) is 17.1 Å². The van der Waals surface area contributed by atoms with Crippen molar-refractivity contribution in [1.82, 2.24) is 34.0 Å². The Labute approximate surface area is 228 Å². The summed E-state index contributed by atoms with van der Waals surface area (Å²) in [6.07, 6.45) is 5.49. The molecule has 0 spiro atoms. The number of benzene rings is 2. The third kappa shape index (κ3) is 4.87. The lowest BCUT2D eigenvalue weighted by molar-refractivity contribution is 0.0267. The van der Waals surface area contributed by atoms with Gasteiger partial charge in [0.2, 0.25) is 5.03 Å². The van der Waals surface area contributed by atoms with E-state index in [-0.39, 0.29) is 16.9 Å². The summed E-state index contributed by atoms with van der Waals surface area (Å²) in [4.78, 5) is 3.73. The first kappa shape index (κ1) is 26.1. The van der Waals surface area contributed by atoms with Crippen LogP contribution in [0.4, 0.5) is 4.39 Å². The van der Waals surface area contributed by atoms with E-state index < -0.39 is 10.0 Å². The molecule has 4 aromatic rings. The Balaban J connectivity index is 1.35. The fraction of sp³-hybridized carbons (Fsp3) is 0.464. The fourth-order valence-electron chi connectivity index (χ4n) is 6.41. The van der Waals surface area contributed by atoms with E-state index >= 15 is 0 Å². The predicted molar refractivity (Wildman–Crippen MR) is 146 cm³/mol. The zero-order chi connectivity index (χ0) is 27.5. The minimum Gasteiger partial charge on any atom is -0.293 e. The van der Waals surface area contributed by atoms with E-state index in [4.69, 9.17) is 0 Å². The number of hydrogen-bond donors (Lipinski definition) is 0. The summed E-state index contributed by atoms with van der Waals surface area (Å²) in [7, 11) is -2.15. The Bertz CT molecular complexity index is 1620. The number of rotatable bonds is 6. The lowest BCUT2D eigenvalue weighted by Gasteiger charge is -2.48. The Morgan fingerprint density at radius 2 is 1.79 bits per heavy atom. The molecule has 1 aliphatic carbocycles. The molecule has 9 nitrogen and oxygen atoms in total. The van der Waals surface area contributed by atoms with Crippen molar-refractivity contribution in [3.8, 4) is 5.69 Å². The molecule has 6 rings (SSSR count). The topological polar surface area (TPSA) is 89.2 Å². The molecular formula is C28H34FN7O2S. The lowest BCUT2D eigenvalue weighted by atomic mass is 9.64. The zero-order valence-electron chi connectivity index (χ0n) is 22.7. The normalized spacial score (nSPS) is 20.9. The molecule has 2 aliphatic rings. The van der Waals surface area contributed by atoms with Crippen molar-refractivity contribution >= 4 is 20.9 Å². The maximum atomic E-state index is 13.5. The first-order chi connectivity index (χ1) is 18.5. The molecule has 2 aromatic heterocycles. The molecule has 11 heteroatoms. The van der Waals surface area contributed by atoms with Crippen LogP contribution >= 0.6 is 0 Å². The highest BCUT2D eigenvalue weighted by Crippen LogP contribution is 2.46. The van der Waals surface area contributed by atoms with Crippen molar-refractivity contribution < 1.29 is 12.8 Å². The predicted octanol–water partition coefficient (Wildman–Crippen LogP) is 4.09. The smallest absolute Gasteiger partial charge is 0.264 e. The van der Waals surface area contributed by atoms with Crippen molar-refractivity contribution in [2.24, 2.45) is 18.4 Å². The van der Waals surface area contributed by atoms with Gasteiger partial charge in [0.1, 0.15) is 5.82 Å². The van der Waals surface area contributed by atoms with E-state index in [0.717, 1.165) is 34.3 Å². The second kappa shape index (κ2) is 9.50. The molecular weight excluding hydrogens is 517 g/mol. The van der Waals surface area contributed by atoms with Gasteiger partial charge in [-0.3, -0.25) is 4.90 Å². The number of fused-ring (bicyclic) bond motifs is 1. The minimum absolute atomic E-state index is 0.0225. The van der Waals surface area contributed by atoms with Crippen LogP contribution in [0, 0.1) is 24.1 Å². The van der Waals surface area contributed by atoms with Crippen molar-refractivity contribution in [3.63, 3.8) is 0 Å². The average molecular weight is 552 g/mol. The van der Waals surface area contributed by atoms with Crippen LogP contribution in [0.1, 0.15) is 43.9 Å². The first-order valence-electron chi connectivity index (χ1n) is 13.3. The molecule has 1 saturated carbocycles. The largest absolute Gasteiger partial charge is 0.293 e. The van der Waals surface area contributed by atoms with Gasteiger partial charge in [-0.25, -0.2) is 17.5 Å². The molecule has 0 unspecified atom stereocenters. The summed E-state index contributed by atoms with van der Waals surface area (Å²) in [6.45, 7) is 9.03. The quantitative estimate of drug-likeness (QED) is 0.359. The van der Waals surface area contributed by atoms with Gasteiger partial charge in [0.25, 0.3) is 10.0 Å². The van der Waals surface area contributed by atoms with Gasteiger partial charge >= 0.3 is 0 Å². The first-order valence-corrected chi connectivity index (χ1v) is 14.8. The van der Waals surface area contributed by atoms with Gasteiger partial charge in [-0.15, -0.1) is 5.10 Å². The van der Waals surface area contributed by atoms with E-state index in [1.54, 1.807) is 23.5 Å². The van der Waals surface area contributed by atoms with Crippen LogP contribution in [0.5, 0.6) is 0 Å². The lowest BCUT2D eigenvalue weighted by Crippen LogP contribution is -2.53. The zero-order valence-corrected chi connectivity index (χ0v) is 23.6. The molecule has 0 N–H and O–H groups in total. The van der Waals surface area contributed by atoms with Crippen molar-refractivity contribution in [3.05, 3.63) is 65.7 Å². The Morgan fingerprint density at radius 1 is 1.05 bits per heavy atom. The molecule has 3 heterocycles. The minimum atomic E-state index is -3.77. The van der Waals surface area contributed by atoms with Crippen LogP contribution in [0.25, 0.3) is 16.6 Å². The summed E-state index contributed by atoms with van der Waals surface area (Å²) >= 11 is 0. The van der Waals surface area contributed by atoms with Crippen molar-refractivity contribution in [2.45, 2.75) is 44.7 Å². The molecule has 0 radical (unpaired) electrons. The van der Waals surface area contributed by atoms with Crippen LogP contribution in [0.15, 0.2) is 53.8 Å². The van der Waals surface area contributed by atoms with Gasteiger partial charge in [0.05, 0.1) is 23.6 Å². The summed E-state index contributed by atoms with van der Waals surface area (Å²) in [5.41, 5.74) is 4.25.